The second-order valence-electron chi connectivity index (χ2n) is 4.93. The van der Waals surface area contributed by atoms with Crippen LogP contribution in [0, 0.1) is 10.1 Å². The molecule has 112 valence electrons. The van der Waals surface area contributed by atoms with E-state index in [0.29, 0.717) is 12.1 Å². The highest BCUT2D eigenvalue weighted by Gasteiger charge is 2.14. The number of aryl methyl sites for hydroxylation is 1. The molecule has 5 nitrogen and oxygen atoms in total. The van der Waals surface area contributed by atoms with Crippen LogP contribution in [0.2, 0.25) is 0 Å². The summed E-state index contributed by atoms with van der Waals surface area (Å²) < 4.78 is 6.13. The van der Waals surface area contributed by atoms with Crippen LogP contribution >= 0.6 is 15.9 Å². The molecule has 1 atom stereocenters. The molecule has 1 unspecified atom stereocenters. The number of halogens is 1. The Hall–Kier alpha value is -1.66. The van der Waals surface area contributed by atoms with Gasteiger partial charge in [0.05, 0.1) is 11.2 Å². The first-order valence-electron chi connectivity index (χ1n) is 6.75. The molecule has 0 aliphatic heterocycles. The molecule has 0 amide bonds. The van der Waals surface area contributed by atoms with Gasteiger partial charge in [-0.1, -0.05) is 15.9 Å². The Morgan fingerprint density at radius 3 is 2.90 bits per heavy atom. The summed E-state index contributed by atoms with van der Waals surface area (Å²) in [4.78, 5) is 10.7. The van der Waals surface area contributed by atoms with Crippen molar-refractivity contribution in [1.29, 1.82) is 0 Å². The molecule has 0 bridgehead atoms. The fourth-order valence-electron chi connectivity index (χ4n) is 2.07. The van der Waals surface area contributed by atoms with Crippen LogP contribution < -0.4 is 5.32 Å². The SMILES string of the molecule is CC(CCc1ccco1)NCc1cc(Br)ccc1[N+](=O)[O-]. The number of nitrogens with one attached hydrogen (secondary N) is 1. The predicted molar refractivity (Wildman–Crippen MR) is 84.1 cm³/mol. The van der Waals surface area contributed by atoms with Crippen molar-refractivity contribution < 1.29 is 9.34 Å². The van der Waals surface area contributed by atoms with Crippen LogP contribution in [0.1, 0.15) is 24.7 Å². The Morgan fingerprint density at radius 1 is 1.43 bits per heavy atom. The van der Waals surface area contributed by atoms with Gasteiger partial charge in [0, 0.05) is 35.1 Å². The fourth-order valence-corrected chi connectivity index (χ4v) is 2.48. The lowest BCUT2D eigenvalue weighted by Gasteiger charge is -2.13. The highest BCUT2D eigenvalue weighted by atomic mass is 79.9. The largest absolute Gasteiger partial charge is 0.469 e. The van der Waals surface area contributed by atoms with E-state index < -0.39 is 0 Å². The van der Waals surface area contributed by atoms with Gasteiger partial charge in [-0.15, -0.1) is 0 Å². The van der Waals surface area contributed by atoms with Crippen molar-refractivity contribution >= 4 is 21.6 Å². The van der Waals surface area contributed by atoms with E-state index in [9.17, 15) is 10.1 Å². The molecule has 0 aliphatic carbocycles. The highest BCUT2D eigenvalue weighted by Crippen LogP contribution is 2.23. The lowest BCUT2D eigenvalue weighted by atomic mass is 10.1. The van der Waals surface area contributed by atoms with Crippen LogP contribution in [-0.4, -0.2) is 11.0 Å². The number of furan rings is 1. The maximum Gasteiger partial charge on any atom is 0.273 e. The lowest BCUT2D eigenvalue weighted by Crippen LogP contribution is -2.26. The average molecular weight is 353 g/mol. The zero-order valence-electron chi connectivity index (χ0n) is 11.7. The molecule has 1 aromatic heterocycles. The van der Waals surface area contributed by atoms with E-state index in [1.54, 1.807) is 18.4 Å². The number of hydrogen-bond acceptors (Lipinski definition) is 4. The molecule has 0 radical (unpaired) electrons. The summed E-state index contributed by atoms with van der Waals surface area (Å²) in [7, 11) is 0. The van der Waals surface area contributed by atoms with Crippen LogP contribution in [0.4, 0.5) is 5.69 Å². The number of benzene rings is 1. The molecule has 1 heterocycles. The van der Waals surface area contributed by atoms with Gasteiger partial charge in [-0.25, -0.2) is 0 Å². The standard InChI is InChI=1S/C15H17BrN2O3/c1-11(4-6-14-3-2-8-21-14)17-10-12-9-13(16)5-7-15(12)18(19)20/h2-3,5,7-9,11,17H,4,6,10H2,1H3. The van der Waals surface area contributed by atoms with E-state index in [1.807, 2.05) is 12.1 Å². The summed E-state index contributed by atoms with van der Waals surface area (Å²) in [6, 6.07) is 9.05. The van der Waals surface area contributed by atoms with Gasteiger partial charge < -0.3 is 9.73 Å². The Bertz CT molecular complexity index is 599. The van der Waals surface area contributed by atoms with Crippen LogP contribution in [0.3, 0.4) is 0 Å². The van der Waals surface area contributed by atoms with Crippen molar-refractivity contribution in [3.63, 3.8) is 0 Å². The summed E-state index contributed by atoms with van der Waals surface area (Å²) in [6.45, 7) is 2.53. The van der Waals surface area contributed by atoms with Crippen LogP contribution in [0.5, 0.6) is 0 Å². The minimum absolute atomic E-state index is 0.143. The maximum absolute atomic E-state index is 11.0. The molecule has 0 spiro atoms. The van der Waals surface area contributed by atoms with E-state index in [2.05, 4.69) is 28.2 Å². The monoisotopic (exact) mass is 352 g/mol. The molecule has 2 rings (SSSR count). The Morgan fingerprint density at radius 2 is 2.24 bits per heavy atom. The van der Waals surface area contributed by atoms with Crippen molar-refractivity contribution in [2.45, 2.75) is 32.4 Å². The number of nitro benzene ring substituents is 1. The maximum atomic E-state index is 11.0. The molecule has 1 aromatic carbocycles. The summed E-state index contributed by atoms with van der Waals surface area (Å²) >= 11 is 3.35. The first kappa shape index (κ1) is 15.7. The average Bonchev–Trinajstić information content (AvgIpc) is 2.96. The first-order valence-corrected chi connectivity index (χ1v) is 7.54. The first-order chi connectivity index (χ1) is 10.1. The minimum Gasteiger partial charge on any atom is -0.469 e. The number of rotatable bonds is 7. The zero-order valence-corrected chi connectivity index (χ0v) is 13.3. The second-order valence-corrected chi connectivity index (χ2v) is 5.85. The molecule has 6 heteroatoms. The molecule has 0 saturated heterocycles. The van der Waals surface area contributed by atoms with Crippen LogP contribution in [-0.2, 0) is 13.0 Å². The van der Waals surface area contributed by atoms with Crippen LogP contribution in [0.25, 0.3) is 0 Å². The van der Waals surface area contributed by atoms with E-state index in [1.165, 1.54) is 6.07 Å². The summed E-state index contributed by atoms with van der Waals surface area (Å²) in [5.74, 6) is 0.956. The Labute approximate surface area is 131 Å². The van der Waals surface area contributed by atoms with Gasteiger partial charge in [0.1, 0.15) is 5.76 Å². The third kappa shape index (κ3) is 4.68. The van der Waals surface area contributed by atoms with Gasteiger partial charge in [0.2, 0.25) is 0 Å². The van der Waals surface area contributed by atoms with Gasteiger partial charge >= 0.3 is 0 Å². The van der Waals surface area contributed by atoms with Crippen molar-refractivity contribution in [2.75, 3.05) is 0 Å². The molecule has 21 heavy (non-hydrogen) atoms. The predicted octanol–water partition coefficient (Wildman–Crippen LogP) is 4.06. The Balaban J connectivity index is 1.90. The normalized spacial score (nSPS) is 12.3. The van der Waals surface area contributed by atoms with Crippen molar-refractivity contribution in [2.24, 2.45) is 0 Å². The van der Waals surface area contributed by atoms with E-state index >= 15 is 0 Å². The van der Waals surface area contributed by atoms with Gasteiger partial charge in [-0.05, 0) is 37.6 Å². The van der Waals surface area contributed by atoms with Gasteiger partial charge in [0.25, 0.3) is 5.69 Å². The molecule has 2 aromatic rings. The van der Waals surface area contributed by atoms with Crippen molar-refractivity contribution in [3.05, 3.63) is 62.5 Å². The van der Waals surface area contributed by atoms with Gasteiger partial charge in [-0.3, -0.25) is 10.1 Å². The zero-order chi connectivity index (χ0) is 15.2. The van der Waals surface area contributed by atoms with Crippen molar-refractivity contribution in [1.82, 2.24) is 5.32 Å². The fraction of sp³-hybridized carbons (Fsp3) is 0.333. The van der Waals surface area contributed by atoms with E-state index in [0.717, 1.165) is 23.1 Å². The number of nitro groups is 1. The summed E-state index contributed by atoms with van der Waals surface area (Å²) in [5.41, 5.74) is 0.822. The lowest BCUT2D eigenvalue weighted by molar-refractivity contribution is -0.385. The van der Waals surface area contributed by atoms with Gasteiger partial charge in [0.15, 0.2) is 0 Å². The molecular weight excluding hydrogens is 336 g/mol. The Kier molecular flexibility index (Phi) is 5.52. The molecule has 0 aliphatic rings. The molecule has 0 fully saturated rings. The third-order valence-corrected chi connectivity index (χ3v) is 3.78. The van der Waals surface area contributed by atoms with E-state index in [-0.39, 0.29) is 16.7 Å². The van der Waals surface area contributed by atoms with Crippen LogP contribution in [0.15, 0.2) is 45.5 Å². The van der Waals surface area contributed by atoms with Gasteiger partial charge in [-0.2, -0.15) is 0 Å². The van der Waals surface area contributed by atoms with Crippen molar-refractivity contribution in [3.8, 4) is 0 Å². The quantitative estimate of drug-likeness (QED) is 0.602. The minimum atomic E-state index is -0.350. The summed E-state index contributed by atoms with van der Waals surface area (Å²) in [5, 5.41) is 14.3. The van der Waals surface area contributed by atoms with E-state index in [4.69, 9.17) is 4.42 Å². The highest BCUT2D eigenvalue weighted by molar-refractivity contribution is 9.10. The topological polar surface area (TPSA) is 68.3 Å². The smallest absolute Gasteiger partial charge is 0.273 e. The second kappa shape index (κ2) is 7.38. The summed E-state index contributed by atoms with van der Waals surface area (Å²) in [6.07, 6.45) is 3.43. The third-order valence-electron chi connectivity index (χ3n) is 3.28. The number of hydrogen-bond donors (Lipinski definition) is 1. The molecular formula is C15H17BrN2O3. The number of nitrogens with zero attached hydrogens (tertiary/aromatic N) is 1. The molecule has 1 N–H and O–H groups in total. The molecule has 0 saturated carbocycles.